The number of nitrogens with zero attached hydrogens (tertiary/aromatic N) is 6. The van der Waals surface area contributed by atoms with Gasteiger partial charge in [0.2, 0.25) is 35.8 Å². The molecule has 0 aromatic carbocycles. The molecule has 3 heterocycles. The SMILES string of the molecule is CC(C)(C)OC(=O)NC(=NCC1O[C@H](O[C@@H]2C(N=C(NC(=O)OC(C)(C)C)NC(=O)OC(C)(C)C)C[C@@H](N=C(NC(=O)OC(C)(C)C)NC(=O)OC(C)(C)C)C(O)C2O[C@@H]2O[C@H](CSCCOCCS)C(OC3O[C@@H](CN=C(NC(=O)OC(C)(C)C)NC(=O)OC(C)(C)C)C(O)C(O)[C@H]3N=C(NC(=O)OC(C)(C)C)NC(=O)OC(C)(C)C)C2O)C(N=C(NC(=O)OC(C)(C)C)NC(=O)OC(C)(C)C)C(O)[C@@H]1O)NC(=O)OC(C)(C)C. The average Bonchev–Trinajstić information content (AvgIpc) is 0.998. The summed E-state index contributed by atoms with van der Waals surface area (Å²) in [6.07, 6.45) is -50.3. The molecule has 150 heavy (non-hydrogen) atoms. The Morgan fingerprint density at radius 3 is 0.753 bits per heavy atom. The van der Waals surface area contributed by atoms with Crippen molar-refractivity contribution in [1.29, 1.82) is 0 Å². The zero-order valence-corrected chi connectivity index (χ0v) is 94.2. The topological polar surface area (TPSA) is 720 Å². The number of aliphatic imine (C=N–C) groups is 6. The molecule has 0 bridgehead atoms. The minimum Gasteiger partial charge on any atom is -0.444 e. The molecule has 1 saturated carbocycles. The quantitative estimate of drug-likeness (QED) is 0.0174. The Hall–Kier alpha value is -10.6. The highest BCUT2D eigenvalue weighted by atomic mass is 32.2. The number of hydrogen-bond donors (Lipinski definition) is 19. The standard InChI is InChI=1S/C93H162N18O37S2/c1-82(2,3)137-70(118)100-64(101-71(119)138-83(4,5)6)94-42-47-53(113)55(115)50(98-68(108-78(126)145-90(25,26)27)109-79(127)146-91(28,29)30)61(131-47)134-58-46(97-67(106-76(124)143-88(19,20)21)107-77(125)144-89(22,23)24)41-45(96-66(104-74(122)141-86(13,14)15)105-75(123)142-87(16,17)18)52(112)60(58)136-63-57(117)59(49(133-63)44-150-40-38-130-37-39-149)135-62-51(99-69(110-80(128)147-92(31,32)33)111-81(129)148-93(34,35)36)56(116)54(114)48(132-62)43-95-65(102-72(120)139-84(7,8)9)103-73(121)140-85(10,11)12/h45-63,112-117,149H,37-44H2,1-36H3,(H2,94,100,101,118,119)(H2,95,102,103,120,121)(H2,96,104,105,122,123)(H2,97,106,107,124,125)(H2,98,108,109,126,127)(H2,99,110,111,128,129)/t45-,46?,47?,48+,49-,50?,51-,52?,53-,54?,55?,56?,57?,58-,59?,60?,61-,62?,63+/m1/s1. The summed E-state index contributed by atoms with van der Waals surface area (Å²) in [5.41, 5.74) is -15.2. The second-order valence-corrected chi connectivity index (χ2v) is 48.0. The Labute approximate surface area is 883 Å². The van der Waals surface area contributed by atoms with E-state index in [1.807, 2.05) is 0 Å². The van der Waals surface area contributed by atoms with Gasteiger partial charge in [-0.1, -0.05) is 0 Å². The molecule has 12 amide bonds. The van der Waals surface area contributed by atoms with E-state index >= 15 is 0 Å². The maximum absolute atomic E-state index is 14.5. The van der Waals surface area contributed by atoms with Gasteiger partial charge in [-0.2, -0.15) is 24.4 Å². The fourth-order valence-electron chi connectivity index (χ4n) is 12.8. The van der Waals surface area contributed by atoms with E-state index in [-0.39, 0.29) is 30.5 Å². The van der Waals surface area contributed by atoms with Crippen LogP contribution in [-0.2, 0) is 90.0 Å². The summed E-state index contributed by atoms with van der Waals surface area (Å²) >= 11 is 5.36. The van der Waals surface area contributed by atoms with Crippen molar-refractivity contribution in [3.63, 3.8) is 0 Å². The number of carbonyl (C=O) groups excluding carboxylic acids is 12. The van der Waals surface area contributed by atoms with Crippen LogP contribution in [0.25, 0.3) is 0 Å². The first-order chi connectivity index (χ1) is 68.1. The van der Waals surface area contributed by atoms with Crippen LogP contribution in [0.4, 0.5) is 57.5 Å². The third-order valence-corrected chi connectivity index (χ3v) is 18.9. The third-order valence-electron chi connectivity index (χ3n) is 17.7. The molecule has 19 atom stereocenters. The third kappa shape index (κ3) is 53.1. The van der Waals surface area contributed by atoms with Gasteiger partial charge >= 0.3 is 73.1 Å². The molecule has 57 heteroatoms. The van der Waals surface area contributed by atoms with Crippen LogP contribution in [0.1, 0.15) is 256 Å². The molecule has 4 aliphatic rings. The number of ether oxygens (including phenoxy) is 19. The zero-order valence-electron chi connectivity index (χ0n) is 92.5. The number of guanidine groups is 6. The van der Waals surface area contributed by atoms with Crippen molar-refractivity contribution >= 4 is 133 Å². The van der Waals surface area contributed by atoms with Gasteiger partial charge in [0.05, 0.1) is 44.5 Å². The van der Waals surface area contributed by atoms with Crippen LogP contribution in [0.3, 0.4) is 0 Å². The lowest BCUT2D eigenvalue weighted by Gasteiger charge is -2.47. The second-order valence-electron chi connectivity index (χ2n) is 46.4. The second kappa shape index (κ2) is 54.8. The molecule has 4 fully saturated rings. The summed E-state index contributed by atoms with van der Waals surface area (Å²) in [5, 5.41) is 106. The van der Waals surface area contributed by atoms with E-state index in [0.717, 1.165) is 11.8 Å². The molecule has 1 aliphatic carbocycles. The van der Waals surface area contributed by atoms with Gasteiger partial charge in [-0.25, -0.2) is 87.5 Å². The van der Waals surface area contributed by atoms with Crippen molar-refractivity contribution in [2.24, 2.45) is 30.0 Å². The monoisotopic (exact) mass is 2190 g/mol. The van der Waals surface area contributed by atoms with Crippen LogP contribution in [-0.4, -0.2) is 367 Å². The molecule has 3 aliphatic heterocycles. The lowest BCUT2D eigenvalue weighted by atomic mass is 9.83. The van der Waals surface area contributed by atoms with Crippen molar-refractivity contribution in [1.82, 2.24) is 63.8 Å². The molecule has 3 saturated heterocycles. The number of thioether (sulfide) groups is 1. The van der Waals surface area contributed by atoms with Crippen LogP contribution < -0.4 is 63.8 Å². The lowest BCUT2D eigenvalue weighted by molar-refractivity contribution is -0.306. The van der Waals surface area contributed by atoms with E-state index < -0.39 is 312 Å². The van der Waals surface area contributed by atoms with E-state index in [4.69, 9.17) is 100.0 Å². The molecule has 0 aromatic rings. The van der Waals surface area contributed by atoms with Crippen molar-refractivity contribution in [3.05, 3.63) is 0 Å². The van der Waals surface area contributed by atoms with Crippen LogP contribution in [0.2, 0.25) is 0 Å². The Morgan fingerprint density at radius 1 is 0.273 bits per heavy atom. The summed E-state index contributed by atoms with van der Waals surface area (Å²) in [7, 11) is 0. The maximum Gasteiger partial charge on any atom is 0.414 e. The molecular formula is C93H162N18O37S2. The normalized spacial score (nSPS) is 23.9. The zero-order chi connectivity index (χ0) is 115. The van der Waals surface area contributed by atoms with E-state index in [0.29, 0.717) is 0 Å². The van der Waals surface area contributed by atoms with Crippen LogP contribution in [0.15, 0.2) is 30.0 Å². The smallest absolute Gasteiger partial charge is 0.414 e. The number of alkyl carbamates (subject to hydrolysis) is 12. The average molecular weight is 2190 g/mol. The van der Waals surface area contributed by atoms with E-state index in [1.165, 1.54) is 249 Å². The Kier molecular flexibility index (Phi) is 48.1. The molecule has 55 nitrogen and oxygen atoms in total. The fraction of sp³-hybridized carbons (Fsp3) is 0.806. The van der Waals surface area contributed by atoms with Crippen molar-refractivity contribution < 1.29 is 178 Å². The van der Waals surface area contributed by atoms with Gasteiger partial charge in [0.25, 0.3) is 0 Å². The van der Waals surface area contributed by atoms with Crippen molar-refractivity contribution in [2.45, 2.75) is 439 Å². The number of aliphatic hydroxyl groups excluding tert-OH is 6. The summed E-state index contributed by atoms with van der Waals surface area (Å²) in [6, 6.07) is -8.68. The first-order valence-electron chi connectivity index (χ1n) is 48.2. The molecule has 0 radical (unpaired) electrons. The molecule has 0 aromatic heterocycles. The molecule has 11 unspecified atom stereocenters. The Morgan fingerprint density at radius 2 is 0.500 bits per heavy atom. The van der Waals surface area contributed by atoms with Crippen LogP contribution >= 0.6 is 24.4 Å². The van der Waals surface area contributed by atoms with E-state index in [1.54, 1.807) is 0 Å². The lowest BCUT2D eigenvalue weighted by Crippen LogP contribution is -2.64. The number of carbonyl (C=O) groups is 12. The summed E-state index contributed by atoms with van der Waals surface area (Å²) < 4.78 is 114. The number of rotatable bonds is 21. The molecule has 18 N–H and O–H groups in total. The first kappa shape index (κ1) is 132. The maximum atomic E-state index is 14.5. The Bertz CT molecular complexity index is 4540. The summed E-state index contributed by atoms with van der Waals surface area (Å²) in [5.74, 6) is -5.02. The summed E-state index contributed by atoms with van der Waals surface area (Å²) in [6.45, 7) is 52.1. The van der Waals surface area contributed by atoms with Gasteiger partial charge in [0.15, 0.2) is 18.9 Å². The molecule has 0 spiro atoms. The number of thiol groups is 1. The van der Waals surface area contributed by atoms with Gasteiger partial charge in [0, 0.05) is 17.3 Å². The van der Waals surface area contributed by atoms with Crippen molar-refractivity contribution in [3.8, 4) is 0 Å². The predicted octanol–water partition coefficient (Wildman–Crippen LogP) is 7.47. The van der Waals surface area contributed by atoms with Crippen molar-refractivity contribution in [2.75, 3.05) is 43.6 Å². The minimum absolute atomic E-state index is 0.0283. The molecule has 4 rings (SSSR count). The summed E-state index contributed by atoms with van der Waals surface area (Å²) in [4.78, 5) is 195. The fourth-order valence-corrected chi connectivity index (χ4v) is 13.9. The number of nitrogens with one attached hydrogen (secondary N) is 12. The van der Waals surface area contributed by atoms with Crippen LogP contribution in [0, 0.1) is 0 Å². The highest BCUT2D eigenvalue weighted by Crippen LogP contribution is 2.40. The highest BCUT2D eigenvalue weighted by Gasteiger charge is 2.58. The van der Waals surface area contributed by atoms with Gasteiger partial charge in [-0.3, -0.25) is 63.8 Å². The van der Waals surface area contributed by atoms with Crippen LogP contribution in [0.5, 0.6) is 0 Å². The molecule has 858 valence electrons. The van der Waals surface area contributed by atoms with Gasteiger partial charge < -0.3 is 121 Å². The minimum atomic E-state index is -2.52. The largest absolute Gasteiger partial charge is 0.444 e. The number of hydrogen-bond acceptors (Lipinski definition) is 45. The number of aliphatic hydroxyl groups is 6. The van der Waals surface area contributed by atoms with Gasteiger partial charge in [-0.05, 0) is 256 Å². The van der Waals surface area contributed by atoms with E-state index in [9.17, 15) is 88.2 Å². The molecular weight excluding hydrogens is 2030 g/mol. The highest BCUT2D eigenvalue weighted by molar-refractivity contribution is 7.99. The Balaban J connectivity index is 2.50. The first-order valence-corrected chi connectivity index (χ1v) is 50.0. The van der Waals surface area contributed by atoms with E-state index in [2.05, 4.69) is 96.4 Å². The van der Waals surface area contributed by atoms with Gasteiger partial charge in [-0.15, -0.1) is 0 Å². The van der Waals surface area contributed by atoms with Gasteiger partial charge in [0.1, 0.15) is 146 Å². The number of amides is 12. The predicted molar refractivity (Wildman–Crippen MR) is 545 cm³/mol.